The van der Waals surface area contributed by atoms with Crippen molar-refractivity contribution in [3.8, 4) is 11.8 Å². The molecule has 3 nitrogen and oxygen atoms in total. The standard InChI is InChI=1S/C15H19ClN2O/c16-14-5-4-6-15(19-10-3-1-2-9-17)13(14)11-18-12-7-8-12/h4-6,12,18H,1-3,7-8,10-11H2. The molecule has 102 valence electrons. The summed E-state index contributed by atoms with van der Waals surface area (Å²) in [5, 5.41) is 12.7. The molecule has 0 unspecified atom stereocenters. The Labute approximate surface area is 119 Å². The van der Waals surface area contributed by atoms with Crippen molar-refractivity contribution in [3.05, 3.63) is 28.8 Å². The highest BCUT2D eigenvalue weighted by Crippen LogP contribution is 2.28. The van der Waals surface area contributed by atoms with Crippen LogP contribution in [0.25, 0.3) is 0 Å². The first kappa shape index (κ1) is 14.2. The van der Waals surface area contributed by atoms with Gasteiger partial charge in [0.05, 0.1) is 12.7 Å². The molecule has 1 aromatic carbocycles. The van der Waals surface area contributed by atoms with Crippen molar-refractivity contribution in [1.82, 2.24) is 5.32 Å². The highest BCUT2D eigenvalue weighted by atomic mass is 35.5. The lowest BCUT2D eigenvalue weighted by atomic mass is 10.2. The lowest BCUT2D eigenvalue weighted by Crippen LogP contribution is -2.16. The first-order valence-electron chi connectivity index (χ1n) is 6.82. The van der Waals surface area contributed by atoms with Crippen molar-refractivity contribution in [1.29, 1.82) is 5.26 Å². The van der Waals surface area contributed by atoms with Crippen LogP contribution in [0.2, 0.25) is 5.02 Å². The van der Waals surface area contributed by atoms with Gasteiger partial charge in [0, 0.05) is 29.6 Å². The first-order valence-corrected chi connectivity index (χ1v) is 7.19. The van der Waals surface area contributed by atoms with Crippen LogP contribution >= 0.6 is 11.6 Å². The van der Waals surface area contributed by atoms with Gasteiger partial charge >= 0.3 is 0 Å². The molecule has 0 saturated heterocycles. The van der Waals surface area contributed by atoms with E-state index in [1.54, 1.807) is 0 Å². The Morgan fingerprint density at radius 3 is 2.95 bits per heavy atom. The molecule has 2 rings (SSSR count). The second-order valence-corrected chi connectivity index (χ2v) is 5.24. The van der Waals surface area contributed by atoms with Crippen molar-refractivity contribution in [2.24, 2.45) is 0 Å². The number of nitriles is 1. The highest BCUT2D eigenvalue weighted by Gasteiger charge is 2.21. The molecule has 1 N–H and O–H groups in total. The molecule has 0 aliphatic heterocycles. The topological polar surface area (TPSA) is 45.0 Å². The lowest BCUT2D eigenvalue weighted by Gasteiger charge is -2.13. The van der Waals surface area contributed by atoms with E-state index >= 15 is 0 Å². The normalized spacial score (nSPS) is 14.1. The molecule has 0 radical (unpaired) electrons. The predicted octanol–water partition coefficient (Wildman–Crippen LogP) is 3.66. The zero-order chi connectivity index (χ0) is 13.5. The first-order chi connectivity index (χ1) is 9.31. The zero-order valence-corrected chi connectivity index (χ0v) is 11.7. The molecule has 1 aliphatic rings. The molecular weight excluding hydrogens is 260 g/mol. The van der Waals surface area contributed by atoms with E-state index in [1.165, 1.54) is 12.8 Å². The summed E-state index contributed by atoms with van der Waals surface area (Å²) in [4.78, 5) is 0. The van der Waals surface area contributed by atoms with Gasteiger partial charge in [0.15, 0.2) is 0 Å². The minimum absolute atomic E-state index is 0.592. The number of unbranched alkanes of at least 4 members (excludes halogenated alkanes) is 2. The fourth-order valence-corrected chi connectivity index (χ4v) is 2.10. The Kier molecular flexibility index (Phi) is 5.50. The van der Waals surface area contributed by atoms with Crippen molar-refractivity contribution < 1.29 is 4.74 Å². The number of hydrogen-bond acceptors (Lipinski definition) is 3. The smallest absolute Gasteiger partial charge is 0.125 e. The van der Waals surface area contributed by atoms with E-state index in [0.717, 1.165) is 35.7 Å². The van der Waals surface area contributed by atoms with Crippen LogP contribution in [0, 0.1) is 11.3 Å². The van der Waals surface area contributed by atoms with E-state index in [-0.39, 0.29) is 0 Å². The second-order valence-electron chi connectivity index (χ2n) is 4.84. The summed E-state index contributed by atoms with van der Waals surface area (Å²) >= 11 is 6.23. The number of hydrogen-bond donors (Lipinski definition) is 1. The summed E-state index contributed by atoms with van der Waals surface area (Å²) in [6.45, 7) is 1.40. The zero-order valence-electron chi connectivity index (χ0n) is 11.0. The molecule has 0 aromatic heterocycles. The average Bonchev–Trinajstić information content (AvgIpc) is 3.22. The van der Waals surface area contributed by atoms with Gasteiger partial charge in [0.1, 0.15) is 5.75 Å². The van der Waals surface area contributed by atoms with Gasteiger partial charge in [-0.25, -0.2) is 0 Å². The molecular formula is C15H19ClN2O. The van der Waals surface area contributed by atoms with E-state index in [9.17, 15) is 0 Å². The van der Waals surface area contributed by atoms with Crippen molar-refractivity contribution >= 4 is 11.6 Å². The summed E-state index contributed by atoms with van der Waals surface area (Å²) < 4.78 is 5.78. The summed E-state index contributed by atoms with van der Waals surface area (Å²) in [5.41, 5.74) is 1.04. The maximum Gasteiger partial charge on any atom is 0.125 e. The Hall–Kier alpha value is -1.24. The summed E-state index contributed by atoms with van der Waals surface area (Å²) in [5.74, 6) is 0.859. The van der Waals surface area contributed by atoms with E-state index in [1.807, 2.05) is 18.2 Å². The van der Waals surface area contributed by atoms with E-state index in [4.69, 9.17) is 21.6 Å². The largest absolute Gasteiger partial charge is 0.493 e. The van der Waals surface area contributed by atoms with Crippen LogP contribution in [0.15, 0.2) is 18.2 Å². The van der Waals surface area contributed by atoms with Crippen LogP contribution in [0.1, 0.15) is 37.7 Å². The Morgan fingerprint density at radius 1 is 1.37 bits per heavy atom. The Morgan fingerprint density at radius 2 is 2.21 bits per heavy atom. The summed E-state index contributed by atoms with van der Waals surface area (Å²) in [6.07, 6.45) is 4.89. The van der Waals surface area contributed by atoms with Crippen LogP contribution in [0.4, 0.5) is 0 Å². The molecule has 0 amide bonds. The van der Waals surface area contributed by atoms with Crippen LogP contribution < -0.4 is 10.1 Å². The van der Waals surface area contributed by atoms with Gasteiger partial charge in [-0.05, 0) is 37.8 Å². The SMILES string of the molecule is N#CCCCCOc1cccc(Cl)c1CNC1CC1. The molecule has 4 heteroatoms. The van der Waals surface area contributed by atoms with Crippen LogP contribution in [-0.2, 0) is 6.54 Å². The fourth-order valence-electron chi connectivity index (χ4n) is 1.87. The Balaban J connectivity index is 1.86. The number of benzene rings is 1. The maximum absolute atomic E-state index is 8.47. The average molecular weight is 279 g/mol. The minimum Gasteiger partial charge on any atom is -0.493 e. The van der Waals surface area contributed by atoms with E-state index in [0.29, 0.717) is 19.1 Å². The fraction of sp³-hybridized carbons (Fsp3) is 0.533. The quantitative estimate of drug-likeness (QED) is 0.738. The monoisotopic (exact) mass is 278 g/mol. The third-order valence-electron chi connectivity index (χ3n) is 3.16. The molecule has 0 bridgehead atoms. The van der Waals surface area contributed by atoms with Crippen molar-refractivity contribution in [2.75, 3.05) is 6.61 Å². The van der Waals surface area contributed by atoms with Gasteiger partial charge in [-0.3, -0.25) is 0 Å². The second kappa shape index (κ2) is 7.37. The van der Waals surface area contributed by atoms with Crippen LogP contribution in [-0.4, -0.2) is 12.6 Å². The molecule has 19 heavy (non-hydrogen) atoms. The number of halogens is 1. The molecule has 1 aliphatic carbocycles. The van der Waals surface area contributed by atoms with Gasteiger partial charge in [-0.15, -0.1) is 0 Å². The van der Waals surface area contributed by atoms with Crippen LogP contribution in [0.3, 0.4) is 0 Å². The van der Waals surface area contributed by atoms with Crippen molar-refractivity contribution in [3.63, 3.8) is 0 Å². The van der Waals surface area contributed by atoms with Crippen molar-refractivity contribution in [2.45, 2.75) is 44.7 Å². The molecule has 0 atom stereocenters. The third-order valence-corrected chi connectivity index (χ3v) is 3.52. The maximum atomic E-state index is 8.47. The van der Waals surface area contributed by atoms with Gasteiger partial charge < -0.3 is 10.1 Å². The number of rotatable bonds is 8. The van der Waals surface area contributed by atoms with E-state index < -0.39 is 0 Å². The minimum atomic E-state index is 0.592. The lowest BCUT2D eigenvalue weighted by molar-refractivity contribution is 0.304. The number of nitrogens with one attached hydrogen (secondary N) is 1. The van der Waals surface area contributed by atoms with E-state index in [2.05, 4.69) is 11.4 Å². The van der Waals surface area contributed by atoms with Gasteiger partial charge in [0.25, 0.3) is 0 Å². The van der Waals surface area contributed by atoms with Gasteiger partial charge in [0.2, 0.25) is 0 Å². The third kappa shape index (κ3) is 4.74. The van der Waals surface area contributed by atoms with Gasteiger partial charge in [-0.1, -0.05) is 17.7 Å². The molecule has 0 heterocycles. The number of ether oxygens (including phenoxy) is 1. The Bertz CT molecular complexity index is 452. The molecule has 1 fully saturated rings. The van der Waals surface area contributed by atoms with Crippen LogP contribution in [0.5, 0.6) is 5.75 Å². The molecule has 1 saturated carbocycles. The molecule has 1 aromatic rings. The highest BCUT2D eigenvalue weighted by molar-refractivity contribution is 6.31. The molecule has 0 spiro atoms. The summed E-state index contributed by atoms with van der Waals surface area (Å²) in [6, 6.07) is 8.56. The van der Waals surface area contributed by atoms with Gasteiger partial charge in [-0.2, -0.15) is 5.26 Å². The summed E-state index contributed by atoms with van der Waals surface area (Å²) in [7, 11) is 0. The predicted molar refractivity (Wildman–Crippen MR) is 76.3 cm³/mol. The number of nitrogens with zero attached hydrogens (tertiary/aromatic N) is 1.